The maximum absolute atomic E-state index is 5.53. The molecule has 1 fully saturated rings. The Hall–Kier alpha value is -1.03. The molecule has 0 amide bonds. The molecule has 1 atom stereocenters. The number of oxazole rings is 1. The van der Waals surface area contributed by atoms with Gasteiger partial charge in [-0.25, -0.2) is 0 Å². The maximum Gasteiger partial charge on any atom is 0.297 e. The fourth-order valence-electron chi connectivity index (χ4n) is 2.00. The standard InChI is InChI=1S/C13H23N3O/c1-4-7-14-8-12-9-17-13(15-12)16(3)10(2)11-5-6-11/h9-11,14H,4-8H2,1-3H3. The van der Waals surface area contributed by atoms with E-state index in [1.54, 1.807) is 6.26 Å². The van der Waals surface area contributed by atoms with Crippen LogP contribution in [-0.4, -0.2) is 24.6 Å². The number of nitrogens with zero attached hydrogens (tertiary/aromatic N) is 2. The molecular weight excluding hydrogens is 214 g/mol. The van der Waals surface area contributed by atoms with Crippen LogP contribution in [0.2, 0.25) is 0 Å². The van der Waals surface area contributed by atoms with Gasteiger partial charge in [0.2, 0.25) is 0 Å². The molecule has 4 nitrogen and oxygen atoms in total. The fourth-order valence-corrected chi connectivity index (χ4v) is 2.00. The number of nitrogens with one attached hydrogen (secondary N) is 1. The molecule has 1 heterocycles. The van der Waals surface area contributed by atoms with Crippen molar-refractivity contribution in [2.24, 2.45) is 5.92 Å². The van der Waals surface area contributed by atoms with Crippen molar-refractivity contribution < 1.29 is 4.42 Å². The van der Waals surface area contributed by atoms with Crippen LogP contribution in [0.4, 0.5) is 6.01 Å². The fraction of sp³-hybridized carbons (Fsp3) is 0.769. The first kappa shape index (κ1) is 12.4. The highest BCUT2D eigenvalue weighted by Crippen LogP contribution is 2.35. The van der Waals surface area contributed by atoms with E-state index in [1.807, 2.05) is 0 Å². The molecule has 1 aliphatic rings. The largest absolute Gasteiger partial charge is 0.432 e. The van der Waals surface area contributed by atoms with Gasteiger partial charge >= 0.3 is 0 Å². The van der Waals surface area contributed by atoms with Gasteiger partial charge in [0.15, 0.2) is 0 Å². The topological polar surface area (TPSA) is 41.3 Å². The van der Waals surface area contributed by atoms with Crippen molar-refractivity contribution in [1.82, 2.24) is 10.3 Å². The second kappa shape index (κ2) is 5.54. The quantitative estimate of drug-likeness (QED) is 0.739. The monoisotopic (exact) mass is 237 g/mol. The number of hydrogen-bond donors (Lipinski definition) is 1. The first-order valence-electron chi connectivity index (χ1n) is 6.60. The molecule has 0 aliphatic heterocycles. The zero-order valence-corrected chi connectivity index (χ0v) is 11.1. The number of aromatic nitrogens is 1. The number of hydrogen-bond acceptors (Lipinski definition) is 4. The van der Waals surface area contributed by atoms with Crippen LogP contribution in [-0.2, 0) is 6.54 Å². The Labute approximate surface area is 103 Å². The minimum Gasteiger partial charge on any atom is -0.432 e. The predicted octanol–water partition coefficient (Wildman–Crippen LogP) is 2.41. The molecule has 1 saturated carbocycles. The van der Waals surface area contributed by atoms with Gasteiger partial charge < -0.3 is 14.6 Å². The zero-order valence-electron chi connectivity index (χ0n) is 11.1. The number of rotatable bonds is 7. The van der Waals surface area contributed by atoms with Crippen molar-refractivity contribution in [1.29, 1.82) is 0 Å². The van der Waals surface area contributed by atoms with E-state index in [-0.39, 0.29) is 0 Å². The lowest BCUT2D eigenvalue weighted by Crippen LogP contribution is -2.30. The molecule has 17 heavy (non-hydrogen) atoms. The van der Waals surface area contributed by atoms with Crippen molar-refractivity contribution in [2.45, 2.75) is 45.7 Å². The molecule has 4 heteroatoms. The van der Waals surface area contributed by atoms with E-state index in [2.05, 4.69) is 36.1 Å². The van der Waals surface area contributed by atoms with Gasteiger partial charge in [-0.1, -0.05) is 6.92 Å². The van der Waals surface area contributed by atoms with Crippen LogP contribution in [0, 0.1) is 5.92 Å². The molecule has 0 radical (unpaired) electrons. The third kappa shape index (κ3) is 3.22. The lowest BCUT2D eigenvalue weighted by Gasteiger charge is -2.22. The zero-order chi connectivity index (χ0) is 12.3. The lowest BCUT2D eigenvalue weighted by molar-refractivity contribution is 0.501. The molecule has 1 unspecified atom stereocenters. The Morgan fingerprint density at radius 3 is 3.00 bits per heavy atom. The first-order chi connectivity index (χ1) is 8.22. The Balaban J connectivity index is 1.87. The van der Waals surface area contributed by atoms with Gasteiger partial charge in [-0.3, -0.25) is 0 Å². The van der Waals surface area contributed by atoms with Crippen molar-refractivity contribution in [3.8, 4) is 0 Å². The molecule has 2 rings (SSSR count). The highest BCUT2D eigenvalue weighted by atomic mass is 16.4. The molecule has 1 aromatic rings. The second-order valence-electron chi connectivity index (χ2n) is 4.99. The van der Waals surface area contributed by atoms with Crippen molar-refractivity contribution in [2.75, 3.05) is 18.5 Å². The minimum absolute atomic E-state index is 0.533. The number of anilines is 1. The van der Waals surface area contributed by atoms with Crippen LogP contribution in [0.5, 0.6) is 0 Å². The first-order valence-corrected chi connectivity index (χ1v) is 6.60. The van der Waals surface area contributed by atoms with Gasteiger partial charge in [0.1, 0.15) is 6.26 Å². The second-order valence-corrected chi connectivity index (χ2v) is 4.99. The summed E-state index contributed by atoms with van der Waals surface area (Å²) in [6, 6.07) is 1.28. The van der Waals surface area contributed by atoms with Gasteiger partial charge in [-0.2, -0.15) is 4.98 Å². The molecular formula is C13H23N3O. The van der Waals surface area contributed by atoms with Crippen molar-refractivity contribution >= 4 is 6.01 Å². The van der Waals surface area contributed by atoms with Gasteiger partial charge in [-0.05, 0) is 38.6 Å². The van der Waals surface area contributed by atoms with Crippen LogP contribution < -0.4 is 10.2 Å². The summed E-state index contributed by atoms with van der Waals surface area (Å²) < 4.78 is 5.53. The summed E-state index contributed by atoms with van der Waals surface area (Å²) in [5.41, 5.74) is 0.989. The van der Waals surface area contributed by atoms with Crippen LogP contribution in [0.25, 0.3) is 0 Å². The summed E-state index contributed by atoms with van der Waals surface area (Å²) in [4.78, 5) is 6.66. The van der Waals surface area contributed by atoms with Crippen molar-refractivity contribution in [3.05, 3.63) is 12.0 Å². The summed E-state index contributed by atoms with van der Waals surface area (Å²) in [5, 5.41) is 3.33. The van der Waals surface area contributed by atoms with Crippen LogP contribution in [0.15, 0.2) is 10.7 Å². The highest BCUT2D eigenvalue weighted by Gasteiger charge is 2.32. The minimum atomic E-state index is 0.533. The van der Waals surface area contributed by atoms with Crippen LogP contribution in [0.1, 0.15) is 38.8 Å². The van der Waals surface area contributed by atoms with Crippen molar-refractivity contribution in [3.63, 3.8) is 0 Å². The van der Waals surface area contributed by atoms with Crippen LogP contribution in [0.3, 0.4) is 0 Å². The Kier molecular flexibility index (Phi) is 4.05. The molecule has 0 bridgehead atoms. The normalized spacial score (nSPS) is 17.1. The van der Waals surface area contributed by atoms with E-state index >= 15 is 0 Å². The highest BCUT2D eigenvalue weighted by molar-refractivity contribution is 5.28. The molecule has 96 valence electrons. The molecule has 1 N–H and O–H groups in total. The van der Waals surface area contributed by atoms with Gasteiger partial charge in [-0.15, -0.1) is 0 Å². The average Bonchev–Trinajstić information content (AvgIpc) is 3.08. The third-order valence-corrected chi connectivity index (χ3v) is 3.49. The van der Waals surface area contributed by atoms with Gasteiger partial charge in [0.05, 0.1) is 5.69 Å². The Bertz CT molecular complexity index is 346. The van der Waals surface area contributed by atoms with Gasteiger partial charge in [0.25, 0.3) is 6.01 Å². The van der Waals surface area contributed by atoms with E-state index < -0.39 is 0 Å². The van der Waals surface area contributed by atoms with E-state index in [9.17, 15) is 0 Å². The van der Waals surface area contributed by atoms with E-state index in [1.165, 1.54) is 12.8 Å². The molecule has 1 aliphatic carbocycles. The summed E-state index contributed by atoms with van der Waals surface area (Å²) >= 11 is 0. The molecule has 0 aromatic carbocycles. The van der Waals surface area contributed by atoms with Crippen LogP contribution >= 0.6 is 0 Å². The molecule has 0 spiro atoms. The Morgan fingerprint density at radius 1 is 1.59 bits per heavy atom. The third-order valence-electron chi connectivity index (χ3n) is 3.49. The molecule has 1 aromatic heterocycles. The summed E-state index contributed by atoms with van der Waals surface area (Å²) in [6.45, 7) is 6.22. The predicted molar refractivity (Wildman–Crippen MR) is 69.1 cm³/mol. The SMILES string of the molecule is CCCNCc1coc(N(C)C(C)C2CC2)n1. The smallest absolute Gasteiger partial charge is 0.297 e. The van der Waals surface area contributed by atoms with E-state index in [0.717, 1.165) is 37.1 Å². The summed E-state index contributed by atoms with van der Waals surface area (Å²) in [6.07, 6.45) is 5.59. The van der Waals surface area contributed by atoms with E-state index in [4.69, 9.17) is 4.42 Å². The lowest BCUT2D eigenvalue weighted by atomic mass is 10.2. The van der Waals surface area contributed by atoms with Gasteiger partial charge in [0, 0.05) is 19.6 Å². The summed E-state index contributed by atoms with van der Waals surface area (Å²) in [7, 11) is 2.07. The maximum atomic E-state index is 5.53. The molecule has 0 saturated heterocycles. The summed E-state index contributed by atoms with van der Waals surface area (Å²) in [5.74, 6) is 0.827. The Morgan fingerprint density at radius 2 is 2.35 bits per heavy atom. The average molecular weight is 237 g/mol. The van der Waals surface area contributed by atoms with E-state index in [0.29, 0.717) is 6.04 Å².